The van der Waals surface area contributed by atoms with Crippen molar-refractivity contribution in [1.82, 2.24) is 4.57 Å². The molecule has 0 bridgehead atoms. The summed E-state index contributed by atoms with van der Waals surface area (Å²) in [5, 5.41) is 20.3. The van der Waals surface area contributed by atoms with Crippen molar-refractivity contribution in [3.05, 3.63) is 83.2 Å². The maximum atomic E-state index is 12.4. The Kier molecular flexibility index (Phi) is 9.70. The lowest BCUT2D eigenvalue weighted by atomic mass is 9.89. The lowest BCUT2D eigenvalue weighted by Gasteiger charge is -2.25. The van der Waals surface area contributed by atoms with Gasteiger partial charge in [0.2, 0.25) is 0 Å². The molecule has 0 fully saturated rings. The maximum Gasteiger partial charge on any atom is 0.303 e. The zero-order chi connectivity index (χ0) is 26.1. The van der Waals surface area contributed by atoms with Crippen molar-refractivity contribution in [2.24, 2.45) is 5.92 Å². The van der Waals surface area contributed by atoms with Crippen molar-refractivity contribution in [3.63, 3.8) is 0 Å². The molecule has 3 aromatic rings. The van der Waals surface area contributed by atoms with Crippen molar-refractivity contribution in [3.8, 4) is 11.5 Å². The number of carbonyl (C=O) groups is 2. The third-order valence-electron chi connectivity index (χ3n) is 6.53. The fourth-order valence-electron chi connectivity index (χ4n) is 4.47. The smallest absolute Gasteiger partial charge is 0.303 e. The molecule has 0 aliphatic carbocycles. The Hall–Kier alpha value is -3.58. The minimum absolute atomic E-state index is 0.0363. The summed E-state index contributed by atoms with van der Waals surface area (Å²) >= 11 is 0. The second-order valence-electron chi connectivity index (χ2n) is 9.05. The predicted molar refractivity (Wildman–Crippen MR) is 138 cm³/mol. The molecule has 1 heterocycles. The summed E-state index contributed by atoms with van der Waals surface area (Å²) in [6.07, 6.45) is 5.08. The second-order valence-corrected chi connectivity index (χ2v) is 9.05. The van der Waals surface area contributed by atoms with E-state index in [0.717, 1.165) is 24.8 Å². The van der Waals surface area contributed by atoms with Crippen LogP contribution in [-0.4, -0.2) is 40.8 Å². The molecule has 0 aliphatic heterocycles. The Morgan fingerprint density at radius 1 is 1.00 bits per heavy atom. The van der Waals surface area contributed by atoms with Gasteiger partial charge in [-0.3, -0.25) is 9.59 Å². The number of rotatable bonds is 14. The number of ether oxygens (including phenoxy) is 2. The molecule has 0 amide bonds. The van der Waals surface area contributed by atoms with Crippen molar-refractivity contribution < 1.29 is 29.3 Å². The summed E-state index contributed by atoms with van der Waals surface area (Å²) < 4.78 is 12.9. The molecule has 0 saturated heterocycles. The van der Waals surface area contributed by atoms with E-state index in [1.165, 1.54) is 5.56 Å². The monoisotopic (exact) mass is 493 g/mol. The van der Waals surface area contributed by atoms with Crippen LogP contribution in [0.1, 0.15) is 58.8 Å². The van der Waals surface area contributed by atoms with Crippen LogP contribution >= 0.6 is 0 Å². The number of methoxy groups -OCH3 is 2. The molecular formula is C29H35NO6. The third kappa shape index (κ3) is 7.21. The highest BCUT2D eigenvalue weighted by molar-refractivity contribution is 5.97. The lowest BCUT2D eigenvalue weighted by Crippen LogP contribution is -2.19. The lowest BCUT2D eigenvalue weighted by molar-refractivity contribution is -0.136. The standard InChI is InChI=1S/C29H35NO6/c1-20-26(35-2)16-24(17-27(20)36-3)29(34)23(11-7-10-21-8-5-4-6-9-21)19-30-15-14-22(18-30)25(31)12-13-28(32)33/h4-6,8-9,14-18,23,29,34H,7,10-13,19H2,1-3H3,(H,32,33)/t23-,29-/m0/s1. The molecule has 2 N–H and O–H groups in total. The largest absolute Gasteiger partial charge is 0.496 e. The van der Waals surface area contributed by atoms with Gasteiger partial charge in [0.15, 0.2) is 5.78 Å². The first-order valence-electron chi connectivity index (χ1n) is 12.2. The topological polar surface area (TPSA) is 98.0 Å². The van der Waals surface area contributed by atoms with Gasteiger partial charge in [-0.1, -0.05) is 30.3 Å². The number of aliphatic hydroxyl groups is 1. The molecule has 0 aliphatic rings. The molecule has 3 rings (SSSR count). The number of aliphatic hydroxyl groups excluding tert-OH is 1. The number of carboxylic acids is 1. The van der Waals surface area contributed by atoms with Crippen molar-refractivity contribution in [2.45, 2.75) is 51.7 Å². The first kappa shape index (κ1) is 27.0. The average molecular weight is 494 g/mol. The second kappa shape index (κ2) is 12.9. The fraction of sp³-hybridized carbons (Fsp3) is 0.379. The van der Waals surface area contributed by atoms with Gasteiger partial charge < -0.3 is 24.3 Å². The minimum atomic E-state index is -0.992. The Balaban J connectivity index is 1.80. The number of aryl methyl sites for hydroxylation is 1. The molecule has 1 aromatic heterocycles. The molecule has 2 aromatic carbocycles. The molecule has 0 saturated carbocycles. The molecular weight excluding hydrogens is 458 g/mol. The number of carboxylic acid groups (broad SMARTS) is 1. The van der Waals surface area contributed by atoms with E-state index < -0.39 is 12.1 Å². The van der Waals surface area contributed by atoms with Gasteiger partial charge in [-0.2, -0.15) is 0 Å². The number of carbonyl (C=O) groups excluding carboxylic acids is 1. The molecule has 36 heavy (non-hydrogen) atoms. The normalized spacial score (nSPS) is 12.7. The van der Waals surface area contributed by atoms with E-state index in [9.17, 15) is 14.7 Å². The van der Waals surface area contributed by atoms with Crippen LogP contribution in [0.5, 0.6) is 11.5 Å². The third-order valence-corrected chi connectivity index (χ3v) is 6.53. The number of nitrogens with zero attached hydrogens (tertiary/aromatic N) is 1. The first-order chi connectivity index (χ1) is 17.3. The zero-order valence-corrected chi connectivity index (χ0v) is 21.1. The van der Waals surface area contributed by atoms with Gasteiger partial charge in [0.05, 0.1) is 26.7 Å². The Labute approximate surface area is 212 Å². The highest BCUT2D eigenvalue weighted by Gasteiger charge is 2.24. The van der Waals surface area contributed by atoms with Crippen molar-refractivity contribution >= 4 is 11.8 Å². The van der Waals surface area contributed by atoms with Gasteiger partial charge >= 0.3 is 5.97 Å². The Morgan fingerprint density at radius 2 is 1.67 bits per heavy atom. The summed E-state index contributed by atoms with van der Waals surface area (Å²) in [5.74, 6) is -0.0312. The first-order valence-corrected chi connectivity index (χ1v) is 12.2. The van der Waals surface area contributed by atoms with E-state index in [1.807, 2.05) is 41.8 Å². The van der Waals surface area contributed by atoms with Gasteiger partial charge in [-0.25, -0.2) is 0 Å². The fourth-order valence-corrected chi connectivity index (χ4v) is 4.47. The van der Waals surface area contributed by atoms with Gasteiger partial charge in [0.1, 0.15) is 11.5 Å². The summed E-state index contributed by atoms with van der Waals surface area (Å²) in [6.45, 7) is 2.41. The van der Waals surface area contributed by atoms with E-state index in [2.05, 4.69) is 12.1 Å². The molecule has 0 spiro atoms. The van der Waals surface area contributed by atoms with Crippen LogP contribution in [-0.2, 0) is 17.8 Å². The van der Waals surface area contributed by atoms with Crippen LogP contribution in [0.3, 0.4) is 0 Å². The van der Waals surface area contributed by atoms with E-state index in [1.54, 1.807) is 32.7 Å². The average Bonchev–Trinajstić information content (AvgIpc) is 3.35. The van der Waals surface area contributed by atoms with Crippen LogP contribution in [0.4, 0.5) is 0 Å². The van der Waals surface area contributed by atoms with Crippen molar-refractivity contribution in [1.29, 1.82) is 0 Å². The number of aliphatic carboxylic acids is 1. The van der Waals surface area contributed by atoms with E-state index in [4.69, 9.17) is 14.6 Å². The number of hydrogen-bond acceptors (Lipinski definition) is 5. The van der Waals surface area contributed by atoms with Crippen LogP contribution in [0.15, 0.2) is 60.9 Å². The molecule has 2 atom stereocenters. The summed E-state index contributed by atoms with van der Waals surface area (Å²) in [6, 6.07) is 15.6. The molecule has 0 radical (unpaired) electrons. The number of hydrogen-bond donors (Lipinski definition) is 2. The number of aromatic nitrogens is 1. The van der Waals surface area contributed by atoms with Gasteiger partial charge in [-0.15, -0.1) is 0 Å². The number of Topliss-reactive ketones (excluding diaryl/α,β-unsaturated/α-hetero) is 1. The quantitative estimate of drug-likeness (QED) is 0.298. The Bertz CT molecular complexity index is 1130. The van der Waals surface area contributed by atoms with E-state index in [0.29, 0.717) is 29.2 Å². The molecule has 192 valence electrons. The predicted octanol–water partition coefficient (Wildman–Crippen LogP) is 5.23. The number of benzene rings is 2. The summed E-state index contributed by atoms with van der Waals surface area (Å²) in [7, 11) is 3.19. The van der Waals surface area contributed by atoms with Crippen LogP contribution < -0.4 is 9.47 Å². The van der Waals surface area contributed by atoms with E-state index >= 15 is 0 Å². The van der Waals surface area contributed by atoms with E-state index in [-0.39, 0.29) is 24.5 Å². The van der Waals surface area contributed by atoms with Crippen LogP contribution in [0, 0.1) is 12.8 Å². The van der Waals surface area contributed by atoms with Gasteiger partial charge in [-0.05, 0) is 55.5 Å². The Morgan fingerprint density at radius 3 is 2.28 bits per heavy atom. The van der Waals surface area contributed by atoms with Gasteiger partial charge in [0.25, 0.3) is 0 Å². The zero-order valence-electron chi connectivity index (χ0n) is 21.1. The van der Waals surface area contributed by atoms with Gasteiger partial charge in [0, 0.05) is 42.4 Å². The summed E-state index contributed by atoms with van der Waals surface area (Å²) in [5.41, 5.74) is 3.31. The molecule has 0 unspecified atom stereocenters. The van der Waals surface area contributed by atoms with Crippen molar-refractivity contribution in [2.75, 3.05) is 14.2 Å². The molecule has 7 nitrogen and oxygen atoms in total. The highest BCUT2D eigenvalue weighted by Crippen LogP contribution is 2.36. The SMILES string of the molecule is COc1cc([C@@H](O)[C@@H](CCCc2ccccc2)Cn2ccc(C(=O)CCC(=O)O)c2)cc(OC)c1C. The van der Waals surface area contributed by atoms with Crippen LogP contribution in [0.2, 0.25) is 0 Å². The van der Waals surface area contributed by atoms with Crippen LogP contribution in [0.25, 0.3) is 0 Å². The highest BCUT2D eigenvalue weighted by atomic mass is 16.5. The maximum absolute atomic E-state index is 12.4. The minimum Gasteiger partial charge on any atom is -0.496 e. The number of ketones is 1. The molecule has 7 heteroatoms. The summed E-state index contributed by atoms with van der Waals surface area (Å²) in [4.78, 5) is 23.2.